The molecule has 0 fully saturated rings. The van der Waals surface area contributed by atoms with E-state index in [2.05, 4.69) is 4.74 Å². The highest BCUT2D eigenvalue weighted by molar-refractivity contribution is 5.78. The van der Waals surface area contributed by atoms with Crippen LogP contribution in [0.3, 0.4) is 0 Å². The third-order valence-corrected chi connectivity index (χ3v) is 2.05. The van der Waals surface area contributed by atoms with E-state index in [-0.39, 0.29) is 5.56 Å². The lowest BCUT2D eigenvalue weighted by atomic mass is 10.0. The maximum atomic E-state index is 13.7. The SMILES string of the molecule is COC(=O)[C@](F)(Cc1ccccc1)N(F)F. The summed E-state index contributed by atoms with van der Waals surface area (Å²) in [7, 11) is 0.852. The van der Waals surface area contributed by atoms with Crippen LogP contribution in [-0.2, 0) is 16.0 Å². The minimum absolute atomic E-state index is 0.274. The lowest BCUT2D eigenvalue weighted by molar-refractivity contribution is -0.277. The predicted octanol–water partition coefficient (Wildman–Crippen LogP) is 2.14. The number of alkyl halides is 1. The number of hydrogen-bond donors (Lipinski definition) is 0. The van der Waals surface area contributed by atoms with Crippen LogP contribution in [0.5, 0.6) is 0 Å². The first kappa shape index (κ1) is 12.5. The van der Waals surface area contributed by atoms with Crippen molar-refractivity contribution in [1.29, 1.82) is 0 Å². The van der Waals surface area contributed by atoms with E-state index in [0.717, 1.165) is 7.11 Å². The summed E-state index contributed by atoms with van der Waals surface area (Å²) in [5.74, 6) is -5.07. The van der Waals surface area contributed by atoms with Crippen molar-refractivity contribution >= 4 is 5.97 Å². The Bertz CT molecular complexity index is 358. The summed E-state index contributed by atoms with van der Waals surface area (Å²) in [6, 6.07) is 7.67. The highest BCUT2D eigenvalue weighted by atomic mass is 19.4. The molecule has 0 N–H and O–H groups in total. The summed E-state index contributed by atoms with van der Waals surface area (Å²) < 4.78 is 42.4. The molecule has 1 aromatic carbocycles. The Hall–Kier alpha value is -1.56. The number of ether oxygens (including phenoxy) is 1. The summed E-state index contributed by atoms with van der Waals surface area (Å²) in [6.45, 7) is 0. The van der Waals surface area contributed by atoms with Gasteiger partial charge in [0, 0.05) is 6.42 Å². The molecule has 0 amide bonds. The van der Waals surface area contributed by atoms with Crippen LogP contribution in [0.4, 0.5) is 13.4 Å². The van der Waals surface area contributed by atoms with Crippen LogP contribution in [0.25, 0.3) is 0 Å². The normalized spacial score (nSPS) is 14.6. The number of methoxy groups -OCH3 is 1. The topological polar surface area (TPSA) is 29.5 Å². The fourth-order valence-electron chi connectivity index (χ4n) is 1.22. The second-order valence-corrected chi connectivity index (χ2v) is 3.15. The average molecular weight is 233 g/mol. The molecule has 3 nitrogen and oxygen atoms in total. The zero-order chi connectivity index (χ0) is 12.2. The lowest BCUT2D eigenvalue weighted by Crippen LogP contribution is -2.46. The van der Waals surface area contributed by atoms with Gasteiger partial charge in [-0.1, -0.05) is 39.3 Å². The molecule has 1 rings (SSSR count). The molecule has 0 saturated heterocycles. The van der Waals surface area contributed by atoms with Crippen molar-refractivity contribution < 1.29 is 22.9 Å². The van der Waals surface area contributed by atoms with Gasteiger partial charge in [0.05, 0.1) is 12.5 Å². The van der Waals surface area contributed by atoms with Crippen molar-refractivity contribution in [2.75, 3.05) is 7.11 Å². The molecule has 0 bridgehead atoms. The Morgan fingerprint density at radius 2 is 1.94 bits per heavy atom. The van der Waals surface area contributed by atoms with Crippen molar-refractivity contribution in [1.82, 2.24) is 5.34 Å². The van der Waals surface area contributed by atoms with E-state index < -0.39 is 23.5 Å². The fourth-order valence-corrected chi connectivity index (χ4v) is 1.22. The minimum Gasteiger partial charge on any atom is -0.465 e. The Kier molecular flexibility index (Phi) is 3.89. The van der Waals surface area contributed by atoms with Gasteiger partial charge >= 0.3 is 11.8 Å². The van der Waals surface area contributed by atoms with E-state index in [0.29, 0.717) is 0 Å². The molecular formula is C10H10F3NO2. The highest BCUT2D eigenvalue weighted by Gasteiger charge is 2.48. The second-order valence-electron chi connectivity index (χ2n) is 3.15. The molecule has 0 radical (unpaired) electrons. The van der Waals surface area contributed by atoms with Crippen LogP contribution in [-0.4, -0.2) is 24.2 Å². The molecule has 0 unspecified atom stereocenters. The molecule has 16 heavy (non-hydrogen) atoms. The molecule has 0 heterocycles. The van der Waals surface area contributed by atoms with Gasteiger partial charge in [0.1, 0.15) is 0 Å². The van der Waals surface area contributed by atoms with Crippen LogP contribution < -0.4 is 0 Å². The quantitative estimate of drug-likeness (QED) is 0.453. The van der Waals surface area contributed by atoms with Gasteiger partial charge in [-0.05, 0) is 5.56 Å². The first-order valence-corrected chi connectivity index (χ1v) is 4.43. The smallest absolute Gasteiger partial charge is 0.364 e. The summed E-state index contributed by atoms with van der Waals surface area (Å²) in [5.41, 5.74) is 0.274. The molecule has 0 aromatic heterocycles. The van der Waals surface area contributed by atoms with Crippen LogP contribution in [0.15, 0.2) is 30.3 Å². The molecule has 0 aliphatic carbocycles. The first-order valence-electron chi connectivity index (χ1n) is 4.43. The third kappa shape index (κ3) is 2.52. The van der Waals surface area contributed by atoms with Gasteiger partial charge in [-0.15, -0.1) is 0 Å². The van der Waals surface area contributed by atoms with Crippen LogP contribution >= 0.6 is 0 Å². The third-order valence-electron chi connectivity index (χ3n) is 2.05. The Morgan fingerprint density at radius 1 is 1.38 bits per heavy atom. The Labute approximate surface area is 90.3 Å². The fraction of sp³-hybridized carbons (Fsp3) is 0.300. The van der Waals surface area contributed by atoms with E-state index in [4.69, 9.17) is 0 Å². The number of carbonyl (C=O) groups excluding carboxylic acids is 1. The number of nitrogens with zero attached hydrogens (tertiary/aromatic N) is 1. The van der Waals surface area contributed by atoms with E-state index in [1.54, 1.807) is 18.2 Å². The van der Waals surface area contributed by atoms with Gasteiger partial charge in [-0.2, -0.15) is 0 Å². The van der Waals surface area contributed by atoms with Crippen LogP contribution in [0.1, 0.15) is 5.56 Å². The number of esters is 1. The lowest BCUT2D eigenvalue weighted by Gasteiger charge is -2.21. The van der Waals surface area contributed by atoms with Gasteiger partial charge in [-0.25, -0.2) is 9.18 Å². The van der Waals surface area contributed by atoms with Crippen molar-refractivity contribution in [2.24, 2.45) is 0 Å². The number of carbonyl (C=O) groups is 1. The summed E-state index contributed by atoms with van der Waals surface area (Å²) in [5, 5.41) is -1.77. The number of benzene rings is 1. The zero-order valence-electron chi connectivity index (χ0n) is 8.49. The maximum absolute atomic E-state index is 13.7. The predicted molar refractivity (Wildman–Crippen MR) is 50.1 cm³/mol. The van der Waals surface area contributed by atoms with Gasteiger partial charge in [0.2, 0.25) is 0 Å². The summed E-state index contributed by atoms with van der Waals surface area (Å²) in [6.07, 6.45) is -0.770. The van der Waals surface area contributed by atoms with Gasteiger partial charge in [0.15, 0.2) is 0 Å². The molecule has 88 valence electrons. The molecule has 6 heteroatoms. The van der Waals surface area contributed by atoms with Crippen molar-refractivity contribution in [3.05, 3.63) is 35.9 Å². The monoisotopic (exact) mass is 233 g/mol. The van der Waals surface area contributed by atoms with Gasteiger partial charge < -0.3 is 4.74 Å². The van der Waals surface area contributed by atoms with Gasteiger partial charge in [-0.3, -0.25) is 0 Å². The largest absolute Gasteiger partial charge is 0.465 e. The first-order chi connectivity index (χ1) is 7.50. The molecule has 0 aliphatic heterocycles. The van der Waals surface area contributed by atoms with E-state index >= 15 is 0 Å². The number of rotatable bonds is 4. The summed E-state index contributed by atoms with van der Waals surface area (Å²) >= 11 is 0. The standard InChI is InChI=1S/C10H10F3NO2/c1-16-9(15)10(11,14(12)13)7-8-5-3-2-4-6-8/h2-6H,7H2,1H3/t10-/m0/s1. The second kappa shape index (κ2) is 4.98. The Balaban J connectivity index is 2.92. The number of hydrogen-bond acceptors (Lipinski definition) is 3. The van der Waals surface area contributed by atoms with Crippen LogP contribution in [0.2, 0.25) is 0 Å². The molecule has 1 aromatic rings. The van der Waals surface area contributed by atoms with Crippen LogP contribution in [0, 0.1) is 0 Å². The van der Waals surface area contributed by atoms with Crippen molar-refractivity contribution in [3.8, 4) is 0 Å². The molecule has 0 saturated carbocycles. The van der Waals surface area contributed by atoms with Crippen molar-refractivity contribution in [3.63, 3.8) is 0 Å². The average Bonchev–Trinajstić information content (AvgIpc) is 2.28. The summed E-state index contributed by atoms with van der Waals surface area (Å²) in [4.78, 5) is 11.0. The van der Waals surface area contributed by atoms with E-state index in [1.165, 1.54) is 12.1 Å². The molecule has 1 atom stereocenters. The Morgan fingerprint density at radius 3 is 2.38 bits per heavy atom. The molecule has 0 spiro atoms. The molecular weight excluding hydrogens is 223 g/mol. The highest BCUT2D eigenvalue weighted by Crippen LogP contribution is 2.25. The van der Waals surface area contributed by atoms with E-state index in [9.17, 15) is 18.1 Å². The maximum Gasteiger partial charge on any atom is 0.364 e. The molecule has 0 aliphatic rings. The number of halogens is 3. The van der Waals surface area contributed by atoms with Gasteiger partial charge in [0.25, 0.3) is 0 Å². The van der Waals surface area contributed by atoms with Crippen molar-refractivity contribution in [2.45, 2.75) is 12.2 Å². The van der Waals surface area contributed by atoms with E-state index in [1.807, 2.05) is 0 Å². The zero-order valence-corrected chi connectivity index (χ0v) is 8.49. The minimum atomic E-state index is -3.45.